The van der Waals surface area contributed by atoms with Crippen LogP contribution >= 0.6 is 0 Å². The van der Waals surface area contributed by atoms with E-state index in [2.05, 4.69) is 23.7 Å². The van der Waals surface area contributed by atoms with Crippen LogP contribution in [-0.2, 0) is 4.79 Å². The molecule has 2 aromatic rings. The fourth-order valence-electron chi connectivity index (χ4n) is 2.64. The van der Waals surface area contributed by atoms with Crippen LogP contribution in [0.15, 0.2) is 48.5 Å². The maximum atomic E-state index is 13.1. The lowest BCUT2D eigenvalue weighted by Gasteiger charge is -2.30. The summed E-state index contributed by atoms with van der Waals surface area (Å²) in [6.45, 7) is 0.675. The molecule has 9 heteroatoms. The van der Waals surface area contributed by atoms with Crippen LogP contribution in [0.2, 0.25) is 0 Å². The molecule has 2 rings (SSSR count). The number of carbonyl (C=O) groups excluding carboxylic acids is 2. The standard InChI is InChI=1S/C24H23F2N3O4/c1-24(32,23(25)26)20(22(31)28-33)27-21(30)18-12-8-16(9-13-18)6-4-5-7-17-10-14-19(15-11-17)29(2)3/h8-15,20,23,32-33H,1-3H3,(H,27,30)(H,28,31)/t20-,24?/m1/s1. The summed E-state index contributed by atoms with van der Waals surface area (Å²) >= 11 is 0. The molecule has 0 aliphatic heterocycles. The summed E-state index contributed by atoms with van der Waals surface area (Å²) in [5.74, 6) is 8.90. The number of hydrogen-bond acceptors (Lipinski definition) is 5. The molecule has 4 N–H and O–H groups in total. The zero-order valence-corrected chi connectivity index (χ0v) is 18.2. The highest BCUT2D eigenvalue weighted by molar-refractivity contribution is 5.97. The first-order valence-electron chi connectivity index (χ1n) is 9.71. The van der Waals surface area contributed by atoms with Crippen LogP contribution in [0.1, 0.15) is 28.4 Å². The monoisotopic (exact) mass is 455 g/mol. The van der Waals surface area contributed by atoms with E-state index in [1.165, 1.54) is 24.3 Å². The molecule has 0 saturated heterocycles. The summed E-state index contributed by atoms with van der Waals surface area (Å²) < 4.78 is 26.2. The Morgan fingerprint density at radius 1 is 0.970 bits per heavy atom. The van der Waals surface area contributed by atoms with Gasteiger partial charge in [-0.1, -0.05) is 11.8 Å². The molecule has 33 heavy (non-hydrogen) atoms. The van der Waals surface area contributed by atoms with E-state index in [0.717, 1.165) is 16.7 Å². The number of hydrogen-bond donors (Lipinski definition) is 4. The molecule has 0 radical (unpaired) electrons. The van der Waals surface area contributed by atoms with Gasteiger partial charge in [-0.3, -0.25) is 14.8 Å². The van der Waals surface area contributed by atoms with Crippen LogP contribution in [0.4, 0.5) is 14.5 Å². The minimum atomic E-state index is -3.36. The Balaban J connectivity index is 2.08. The average Bonchev–Trinajstić information content (AvgIpc) is 2.80. The van der Waals surface area contributed by atoms with E-state index in [4.69, 9.17) is 5.21 Å². The molecule has 0 aliphatic rings. The molecular weight excluding hydrogens is 432 g/mol. The van der Waals surface area contributed by atoms with Gasteiger partial charge >= 0.3 is 0 Å². The third-order valence-corrected chi connectivity index (χ3v) is 4.68. The lowest BCUT2D eigenvalue weighted by atomic mass is 9.95. The Bertz CT molecular complexity index is 1110. The molecule has 0 fully saturated rings. The van der Waals surface area contributed by atoms with Crippen LogP contribution < -0.4 is 15.7 Å². The van der Waals surface area contributed by atoms with Crippen molar-refractivity contribution in [2.24, 2.45) is 0 Å². The third kappa shape index (κ3) is 6.78. The second-order valence-corrected chi connectivity index (χ2v) is 7.43. The number of rotatable bonds is 6. The van der Waals surface area contributed by atoms with Crippen LogP contribution in [0.5, 0.6) is 0 Å². The summed E-state index contributed by atoms with van der Waals surface area (Å²) in [6, 6.07) is 11.3. The van der Waals surface area contributed by atoms with E-state index in [9.17, 15) is 23.5 Å². The van der Waals surface area contributed by atoms with Crippen molar-refractivity contribution in [2.75, 3.05) is 19.0 Å². The largest absolute Gasteiger partial charge is 0.381 e. The van der Waals surface area contributed by atoms with Gasteiger partial charge in [-0.15, -0.1) is 0 Å². The van der Waals surface area contributed by atoms with Crippen molar-refractivity contribution in [1.29, 1.82) is 0 Å². The minimum absolute atomic E-state index is 0.0356. The van der Waals surface area contributed by atoms with E-state index < -0.39 is 29.9 Å². The van der Waals surface area contributed by atoms with Crippen molar-refractivity contribution >= 4 is 17.5 Å². The summed E-state index contributed by atoms with van der Waals surface area (Å²) in [4.78, 5) is 26.0. The van der Waals surface area contributed by atoms with E-state index in [0.29, 0.717) is 12.5 Å². The number of aliphatic hydroxyl groups is 1. The number of nitrogens with one attached hydrogen (secondary N) is 2. The molecule has 0 saturated carbocycles. The first-order chi connectivity index (χ1) is 15.6. The molecule has 0 bridgehead atoms. The third-order valence-electron chi connectivity index (χ3n) is 4.68. The number of hydroxylamine groups is 1. The predicted molar refractivity (Wildman–Crippen MR) is 119 cm³/mol. The van der Waals surface area contributed by atoms with Crippen LogP contribution in [0.3, 0.4) is 0 Å². The maximum Gasteiger partial charge on any atom is 0.269 e. The maximum absolute atomic E-state index is 13.1. The van der Waals surface area contributed by atoms with Crippen molar-refractivity contribution in [3.05, 3.63) is 65.2 Å². The average molecular weight is 455 g/mol. The van der Waals surface area contributed by atoms with Gasteiger partial charge in [-0.05, 0) is 67.3 Å². The Morgan fingerprint density at radius 2 is 1.45 bits per heavy atom. The van der Waals surface area contributed by atoms with Crippen molar-refractivity contribution in [3.8, 4) is 23.7 Å². The number of anilines is 1. The van der Waals surface area contributed by atoms with Crippen LogP contribution in [0, 0.1) is 23.7 Å². The highest BCUT2D eigenvalue weighted by Gasteiger charge is 2.46. The summed E-state index contributed by atoms with van der Waals surface area (Å²) in [7, 11) is 3.89. The van der Waals surface area contributed by atoms with Gasteiger partial charge in [0.1, 0.15) is 6.04 Å². The fraction of sp³-hybridized carbons (Fsp3) is 0.250. The Hall–Kier alpha value is -3.92. The highest BCUT2D eigenvalue weighted by atomic mass is 19.3. The van der Waals surface area contributed by atoms with Gasteiger partial charge in [0.15, 0.2) is 5.60 Å². The van der Waals surface area contributed by atoms with E-state index in [-0.39, 0.29) is 5.56 Å². The SMILES string of the molecule is CN(C)c1ccc(C#CC#Cc2ccc(C(=O)N[C@H](C(=O)NO)C(C)(O)C(F)F)cc2)cc1. The first kappa shape index (κ1) is 25.3. The van der Waals surface area contributed by atoms with Gasteiger partial charge in [0.2, 0.25) is 0 Å². The second-order valence-electron chi connectivity index (χ2n) is 7.43. The molecular formula is C24H23F2N3O4. The van der Waals surface area contributed by atoms with Gasteiger partial charge in [-0.25, -0.2) is 14.3 Å². The Labute approximate surface area is 190 Å². The summed E-state index contributed by atoms with van der Waals surface area (Å²) in [5, 5.41) is 20.6. The zero-order chi connectivity index (χ0) is 24.6. The zero-order valence-electron chi connectivity index (χ0n) is 18.2. The van der Waals surface area contributed by atoms with E-state index >= 15 is 0 Å². The number of amides is 2. The number of nitrogens with zero attached hydrogens (tertiary/aromatic N) is 1. The van der Waals surface area contributed by atoms with E-state index in [1.807, 2.05) is 48.6 Å². The summed E-state index contributed by atoms with van der Waals surface area (Å²) in [5.41, 5.74) is 0.702. The first-order valence-corrected chi connectivity index (χ1v) is 9.71. The number of alkyl halides is 2. The quantitative estimate of drug-likeness (QED) is 0.302. The molecule has 0 aromatic heterocycles. The molecule has 2 amide bonds. The molecule has 7 nitrogen and oxygen atoms in total. The predicted octanol–water partition coefficient (Wildman–Crippen LogP) is 1.78. The number of halogens is 2. The Kier molecular flexibility index (Phi) is 8.52. The normalized spacial score (nSPS) is 12.8. The molecule has 0 aliphatic carbocycles. The van der Waals surface area contributed by atoms with Crippen molar-refractivity contribution in [3.63, 3.8) is 0 Å². The second kappa shape index (κ2) is 11.1. The van der Waals surface area contributed by atoms with Gasteiger partial charge in [-0.2, -0.15) is 0 Å². The lowest BCUT2D eigenvalue weighted by molar-refractivity contribution is -0.149. The highest BCUT2D eigenvalue weighted by Crippen LogP contribution is 2.20. The van der Waals surface area contributed by atoms with Crippen LogP contribution in [0.25, 0.3) is 0 Å². The molecule has 1 unspecified atom stereocenters. The van der Waals surface area contributed by atoms with Crippen LogP contribution in [-0.4, -0.2) is 54.3 Å². The van der Waals surface area contributed by atoms with Gasteiger partial charge < -0.3 is 15.3 Å². The lowest BCUT2D eigenvalue weighted by Crippen LogP contribution is -2.61. The molecule has 0 heterocycles. The number of benzene rings is 2. The van der Waals surface area contributed by atoms with Gasteiger partial charge in [0.25, 0.3) is 18.2 Å². The van der Waals surface area contributed by atoms with Crippen molar-refractivity contribution in [1.82, 2.24) is 10.8 Å². The summed E-state index contributed by atoms with van der Waals surface area (Å²) in [6.07, 6.45) is -3.36. The van der Waals surface area contributed by atoms with Crippen molar-refractivity contribution in [2.45, 2.75) is 25.0 Å². The van der Waals surface area contributed by atoms with E-state index in [1.54, 1.807) is 0 Å². The van der Waals surface area contributed by atoms with Crippen molar-refractivity contribution < 1.29 is 28.7 Å². The number of carbonyl (C=O) groups is 2. The topological polar surface area (TPSA) is 102 Å². The minimum Gasteiger partial charge on any atom is -0.381 e. The molecule has 172 valence electrons. The fourth-order valence-corrected chi connectivity index (χ4v) is 2.64. The smallest absolute Gasteiger partial charge is 0.269 e. The van der Waals surface area contributed by atoms with Gasteiger partial charge in [0, 0.05) is 36.5 Å². The Morgan fingerprint density at radius 3 is 1.88 bits per heavy atom. The molecule has 2 atom stereocenters. The molecule has 0 spiro atoms. The van der Waals surface area contributed by atoms with Gasteiger partial charge in [0.05, 0.1) is 0 Å². The molecule has 2 aromatic carbocycles.